The van der Waals surface area contributed by atoms with Crippen LogP contribution in [0.25, 0.3) is 0 Å². The molecule has 0 amide bonds. The fraction of sp³-hybridized carbons (Fsp3) is 1.00. The Morgan fingerprint density at radius 1 is 0.800 bits per heavy atom. The quantitative estimate of drug-likeness (QED) is 0.203. The largest absolute Gasteiger partial charge is 0.396 e. The van der Waals surface area contributed by atoms with E-state index in [0.717, 1.165) is 77.6 Å². The van der Waals surface area contributed by atoms with Crippen LogP contribution in [-0.4, -0.2) is 69.5 Å². The SMILES string of the molecule is C[C@@H](CCCO)[C@H]1CC[C@H]2[C@@H]3[C@H](OCCCN)C[C@@H]4C[C@H](OCCCN)CC[C@]4(C)[C@H]3C[C@H](OCCCN)[C@]12C. The zero-order valence-electron chi connectivity index (χ0n) is 26.0. The fourth-order valence-corrected chi connectivity index (χ4v) is 10.2. The maximum absolute atomic E-state index is 9.58. The molecule has 7 N–H and O–H groups in total. The van der Waals surface area contributed by atoms with Crippen molar-refractivity contribution in [3.05, 3.63) is 0 Å². The van der Waals surface area contributed by atoms with Crippen molar-refractivity contribution in [2.24, 2.45) is 63.5 Å². The fourth-order valence-electron chi connectivity index (χ4n) is 10.2. The number of nitrogens with two attached hydrogens (primary N) is 3. The highest BCUT2D eigenvalue weighted by molar-refractivity contribution is 5.15. The van der Waals surface area contributed by atoms with Crippen molar-refractivity contribution in [2.75, 3.05) is 46.1 Å². The Bertz CT molecular complexity index is 757. The molecule has 0 heterocycles. The average Bonchev–Trinajstić information content (AvgIpc) is 3.31. The highest BCUT2D eigenvalue weighted by atomic mass is 16.5. The van der Waals surface area contributed by atoms with Crippen LogP contribution in [0.15, 0.2) is 0 Å². The van der Waals surface area contributed by atoms with Crippen LogP contribution in [0.3, 0.4) is 0 Å². The van der Waals surface area contributed by atoms with Gasteiger partial charge >= 0.3 is 0 Å². The molecule has 0 spiro atoms. The summed E-state index contributed by atoms with van der Waals surface area (Å²) in [6.45, 7) is 12.2. The molecule has 0 unspecified atom stereocenters. The van der Waals surface area contributed by atoms with Gasteiger partial charge in [0, 0.05) is 31.8 Å². The molecular weight excluding hydrogens is 502 g/mol. The summed E-state index contributed by atoms with van der Waals surface area (Å²) in [5.41, 5.74) is 18.0. The van der Waals surface area contributed by atoms with E-state index in [1.165, 1.54) is 19.3 Å². The van der Waals surface area contributed by atoms with Crippen molar-refractivity contribution >= 4 is 0 Å². The number of fused-ring (bicyclic) bond motifs is 5. The maximum atomic E-state index is 9.58. The van der Waals surface area contributed by atoms with Gasteiger partial charge in [0.1, 0.15) is 0 Å². The lowest BCUT2D eigenvalue weighted by Gasteiger charge is -2.65. The summed E-state index contributed by atoms with van der Waals surface area (Å²) < 4.78 is 20.1. The Morgan fingerprint density at radius 3 is 2.15 bits per heavy atom. The van der Waals surface area contributed by atoms with Crippen LogP contribution in [0.4, 0.5) is 0 Å². The highest BCUT2D eigenvalue weighted by Gasteiger charge is 2.66. The first kappa shape index (κ1) is 32.6. The predicted molar refractivity (Wildman–Crippen MR) is 162 cm³/mol. The molecule has 11 atom stereocenters. The molecule has 4 rings (SSSR count). The first-order valence-electron chi connectivity index (χ1n) is 16.9. The van der Waals surface area contributed by atoms with Gasteiger partial charge in [0.25, 0.3) is 0 Å². The zero-order chi connectivity index (χ0) is 28.8. The summed E-state index contributed by atoms with van der Waals surface area (Å²) in [4.78, 5) is 0. The number of aliphatic hydroxyl groups is 1. The second-order valence-corrected chi connectivity index (χ2v) is 14.3. The van der Waals surface area contributed by atoms with Crippen LogP contribution < -0.4 is 17.2 Å². The second-order valence-electron chi connectivity index (χ2n) is 14.3. The monoisotopic (exact) mass is 565 g/mol. The summed E-state index contributed by atoms with van der Waals surface area (Å²) in [6.07, 6.45) is 14.0. The minimum Gasteiger partial charge on any atom is -0.396 e. The van der Waals surface area contributed by atoms with E-state index in [-0.39, 0.29) is 18.1 Å². The minimum atomic E-state index is 0.131. The molecule has 40 heavy (non-hydrogen) atoms. The standard InChI is InChI=1S/C33H63N3O4/c1-23(8-4-16-37)26-9-10-27-31-28(22-30(33(26,27)3)40-19-7-15-36)32(2)12-11-25(38-17-5-13-34)20-24(32)21-29(31)39-18-6-14-35/h23-31,37H,4-22,34-36H2,1-3H3/t23-,24-,25+,26+,27-,28-,29+,30-,31-,32-,33+/m0/s1. The van der Waals surface area contributed by atoms with Crippen LogP contribution >= 0.6 is 0 Å². The Morgan fingerprint density at radius 2 is 1.48 bits per heavy atom. The molecule has 0 saturated heterocycles. The first-order valence-corrected chi connectivity index (χ1v) is 16.9. The third-order valence-corrected chi connectivity index (χ3v) is 12.3. The van der Waals surface area contributed by atoms with Crippen molar-refractivity contribution in [3.8, 4) is 0 Å². The number of aliphatic hydroxyl groups excluding tert-OH is 1. The number of rotatable bonds is 16. The van der Waals surface area contributed by atoms with Crippen molar-refractivity contribution in [1.82, 2.24) is 0 Å². The van der Waals surface area contributed by atoms with Crippen LogP contribution in [0.2, 0.25) is 0 Å². The van der Waals surface area contributed by atoms with Gasteiger partial charge in [0.05, 0.1) is 18.3 Å². The van der Waals surface area contributed by atoms with Crippen molar-refractivity contribution in [1.29, 1.82) is 0 Å². The summed E-state index contributed by atoms with van der Waals surface area (Å²) in [6, 6.07) is 0. The Hall–Kier alpha value is -0.280. The third-order valence-electron chi connectivity index (χ3n) is 12.3. The summed E-state index contributed by atoms with van der Waals surface area (Å²) in [5.74, 6) is 3.60. The lowest BCUT2D eigenvalue weighted by Crippen LogP contribution is -2.63. The minimum absolute atomic E-state index is 0.131. The Kier molecular flexibility index (Phi) is 12.2. The molecule has 0 bridgehead atoms. The van der Waals surface area contributed by atoms with Crippen molar-refractivity contribution in [3.63, 3.8) is 0 Å². The van der Waals surface area contributed by atoms with Crippen molar-refractivity contribution < 1.29 is 19.3 Å². The van der Waals surface area contributed by atoms with Gasteiger partial charge in [0.15, 0.2) is 0 Å². The molecule has 0 aromatic heterocycles. The number of ether oxygens (including phenoxy) is 3. The first-order chi connectivity index (χ1) is 19.3. The predicted octanol–water partition coefficient (Wildman–Crippen LogP) is 4.48. The lowest BCUT2D eigenvalue weighted by atomic mass is 9.43. The molecular formula is C33H63N3O4. The summed E-state index contributed by atoms with van der Waals surface area (Å²) >= 11 is 0. The average molecular weight is 566 g/mol. The van der Waals surface area contributed by atoms with E-state index >= 15 is 0 Å². The highest BCUT2D eigenvalue weighted by Crippen LogP contribution is 2.69. The van der Waals surface area contributed by atoms with Crippen LogP contribution in [-0.2, 0) is 14.2 Å². The molecule has 7 nitrogen and oxygen atoms in total. The molecule has 4 aliphatic rings. The van der Waals surface area contributed by atoms with E-state index in [1.54, 1.807) is 0 Å². The van der Waals surface area contributed by atoms with Gasteiger partial charge in [-0.3, -0.25) is 0 Å². The molecule has 4 saturated carbocycles. The van der Waals surface area contributed by atoms with E-state index in [1.807, 2.05) is 0 Å². The smallest absolute Gasteiger partial charge is 0.0637 e. The molecule has 0 aliphatic heterocycles. The van der Waals surface area contributed by atoms with Gasteiger partial charge < -0.3 is 36.5 Å². The van der Waals surface area contributed by atoms with Gasteiger partial charge in [0.2, 0.25) is 0 Å². The Labute approximate surface area is 245 Å². The lowest BCUT2D eigenvalue weighted by molar-refractivity contribution is -0.227. The molecule has 0 aromatic carbocycles. The van der Waals surface area contributed by atoms with Gasteiger partial charge in [-0.2, -0.15) is 0 Å². The van der Waals surface area contributed by atoms with Gasteiger partial charge in [-0.05, 0) is 138 Å². The topological polar surface area (TPSA) is 126 Å². The normalized spacial score (nSPS) is 41.8. The van der Waals surface area contributed by atoms with E-state index in [4.69, 9.17) is 31.4 Å². The van der Waals surface area contributed by atoms with Gasteiger partial charge in [-0.15, -0.1) is 0 Å². The molecule has 4 fully saturated rings. The molecule has 4 aliphatic carbocycles. The zero-order valence-corrected chi connectivity index (χ0v) is 26.0. The van der Waals surface area contributed by atoms with Crippen LogP contribution in [0.5, 0.6) is 0 Å². The maximum Gasteiger partial charge on any atom is 0.0637 e. The van der Waals surface area contributed by atoms with E-state index in [0.29, 0.717) is 72.8 Å². The summed E-state index contributed by atoms with van der Waals surface area (Å²) in [7, 11) is 0. The van der Waals surface area contributed by atoms with Crippen LogP contribution in [0.1, 0.15) is 97.8 Å². The number of hydrogen-bond acceptors (Lipinski definition) is 7. The van der Waals surface area contributed by atoms with Gasteiger partial charge in [-0.1, -0.05) is 20.8 Å². The van der Waals surface area contributed by atoms with Crippen LogP contribution in [0, 0.1) is 46.3 Å². The second kappa shape index (κ2) is 14.9. The molecule has 0 aromatic rings. The number of hydrogen-bond donors (Lipinski definition) is 4. The molecule has 7 heteroatoms. The Balaban J connectivity index is 1.64. The third kappa shape index (κ3) is 6.61. The van der Waals surface area contributed by atoms with Gasteiger partial charge in [-0.25, -0.2) is 0 Å². The molecule has 0 radical (unpaired) electrons. The van der Waals surface area contributed by atoms with E-state index in [2.05, 4.69) is 20.8 Å². The van der Waals surface area contributed by atoms with E-state index in [9.17, 15) is 5.11 Å². The van der Waals surface area contributed by atoms with E-state index < -0.39 is 0 Å². The summed E-state index contributed by atoms with van der Waals surface area (Å²) in [5, 5.41) is 9.58. The molecule has 234 valence electrons. The van der Waals surface area contributed by atoms with Crippen molar-refractivity contribution in [2.45, 2.75) is 116 Å².